The second kappa shape index (κ2) is 5.16. The van der Waals surface area contributed by atoms with E-state index in [1.54, 1.807) is 11.1 Å². The summed E-state index contributed by atoms with van der Waals surface area (Å²) >= 11 is 0. The highest BCUT2D eigenvalue weighted by Crippen LogP contribution is 2.37. The second-order valence-corrected chi connectivity index (χ2v) is 6.49. The summed E-state index contributed by atoms with van der Waals surface area (Å²) in [4.78, 5) is 2.61. The Bertz CT molecular complexity index is 445. The molecule has 2 nitrogen and oxygen atoms in total. The summed E-state index contributed by atoms with van der Waals surface area (Å²) in [5.41, 5.74) is 5.17. The van der Waals surface area contributed by atoms with Gasteiger partial charge in [0.05, 0.1) is 0 Å². The number of piperidine rings is 1. The Kier molecular flexibility index (Phi) is 3.53. The first-order valence-corrected chi connectivity index (χ1v) is 7.78. The van der Waals surface area contributed by atoms with Gasteiger partial charge in [0, 0.05) is 25.3 Å². The molecule has 0 aliphatic carbocycles. The van der Waals surface area contributed by atoms with Gasteiger partial charge in [-0.3, -0.25) is 0 Å². The minimum absolute atomic E-state index is 0.573. The van der Waals surface area contributed by atoms with Crippen LogP contribution in [0.4, 0.5) is 5.69 Å². The molecule has 1 fully saturated rings. The molecule has 2 heterocycles. The van der Waals surface area contributed by atoms with Gasteiger partial charge in [-0.05, 0) is 48.4 Å². The van der Waals surface area contributed by atoms with E-state index in [2.05, 4.69) is 42.3 Å². The largest absolute Gasteiger partial charge is 0.371 e. The lowest BCUT2D eigenvalue weighted by atomic mass is 9.78. The van der Waals surface area contributed by atoms with Gasteiger partial charge in [-0.25, -0.2) is 0 Å². The number of fused-ring (bicyclic) bond motifs is 1. The average Bonchev–Trinajstić information content (AvgIpc) is 2.48. The van der Waals surface area contributed by atoms with Gasteiger partial charge in [0.25, 0.3) is 0 Å². The van der Waals surface area contributed by atoms with Crippen LogP contribution < -0.4 is 10.2 Å². The molecule has 1 saturated heterocycles. The molecule has 0 aromatic heterocycles. The lowest BCUT2D eigenvalue weighted by Gasteiger charge is -2.41. The van der Waals surface area contributed by atoms with Crippen LogP contribution in [0.25, 0.3) is 0 Å². The molecule has 2 heteroatoms. The first-order chi connectivity index (χ1) is 9.22. The fourth-order valence-corrected chi connectivity index (χ4v) is 3.43. The molecule has 0 saturated carbocycles. The summed E-state index contributed by atoms with van der Waals surface area (Å²) in [6, 6.07) is 6.87. The lowest BCUT2D eigenvalue weighted by molar-refractivity contribution is 0.238. The highest BCUT2D eigenvalue weighted by atomic mass is 15.1. The van der Waals surface area contributed by atoms with Crippen molar-refractivity contribution in [1.82, 2.24) is 5.32 Å². The van der Waals surface area contributed by atoms with Crippen molar-refractivity contribution in [2.45, 2.75) is 46.1 Å². The van der Waals surface area contributed by atoms with Crippen LogP contribution in [0, 0.1) is 5.41 Å². The van der Waals surface area contributed by atoms with Gasteiger partial charge >= 0.3 is 0 Å². The van der Waals surface area contributed by atoms with Crippen LogP contribution in [0.1, 0.15) is 44.2 Å². The van der Waals surface area contributed by atoms with Gasteiger partial charge in [0.15, 0.2) is 0 Å². The standard InChI is InChI=1S/C17H26N2/c1-3-17(2)8-11-19(12-9-17)16-6-4-5-14-7-10-18-13-15(14)16/h4-6,18H,3,7-13H2,1-2H3. The number of hydrogen-bond acceptors (Lipinski definition) is 2. The first-order valence-electron chi connectivity index (χ1n) is 7.78. The Balaban J connectivity index is 1.80. The predicted molar refractivity (Wildman–Crippen MR) is 81.7 cm³/mol. The Morgan fingerprint density at radius 1 is 1.26 bits per heavy atom. The molecule has 1 aromatic rings. The summed E-state index contributed by atoms with van der Waals surface area (Å²) in [5, 5.41) is 3.52. The lowest BCUT2D eigenvalue weighted by Crippen LogP contribution is -2.39. The van der Waals surface area contributed by atoms with Crippen LogP contribution in [0.5, 0.6) is 0 Å². The van der Waals surface area contributed by atoms with Crippen LogP contribution in [-0.4, -0.2) is 19.6 Å². The van der Waals surface area contributed by atoms with E-state index in [-0.39, 0.29) is 0 Å². The number of anilines is 1. The van der Waals surface area contributed by atoms with Crippen molar-refractivity contribution in [1.29, 1.82) is 0 Å². The molecule has 2 aliphatic rings. The van der Waals surface area contributed by atoms with Gasteiger partial charge in [0.2, 0.25) is 0 Å². The van der Waals surface area contributed by atoms with E-state index >= 15 is 0 Å². The third-order valence-corrected chi connectivity index (χ3v) is 5.29. The summed E-state index contributed by atoms with van der Waals surface area (Å²) in [6.45, 7) is 9.41. The van der Waals surface area contributed by atoms with E-state index in [1.807, 2.05) is 0 Å². The molecule has 0 amide bonds. The molecule has 0 bridgehead atoms. The van der Waals surface area contributed by atoms with E-state index in [4.69, 9.17) is 0 Å². The Hall–Kier alpha value is -1.02. The summed E-state index contributed by atoms with van der Waals surface area (Å²) < 4.78 is 0. The Morgan fingerprint density at radius 3 is 2.79 bits per heavy atom. The maximum atomic E-state index is 3.52. The number of benzene rings is 1. The molecular formula is C17H26N2. The molecule has 0 radical (unpaired) electrons. The molecule has 0 unspecified atom stereocenters. The number of nitrogens with zero attached hydrogens (tertiary/aromatic N) is 1. The summed E-state index contributed by atoms with van der Waals surface area (Å²) in [5.74, 6) is 0. The zero-order valence-electron chi connectivity index (χ0n) is 12.3. The van der Waals surface area contributed by atoms with Crippen LogP contribution in [0.3, 0.4) is 0 Å². The molecule has 104 valence electrons. The topological polar surface area (TPSA) is 15.3 Å². The quantitative estimate of drug-likeness (QED) is 0.875. The zero-order valence-corrected chi connectivity index (χ0v) is 12.3. The number of nitrogens with one attached hydrogen (secondary N) is 1. The minimum atomic E-state index is 0.573. The van der Waals surface area contributed by atoms with Crippen molar-refractivity contribution < 1.29 is 0 Å². The van der Waals surface area contributed by atoms with Crippen molar-refractivity contribution >= 4 is 5.69 Å². The summed E-state index contributed by atoms with van der Waals surface area (Å²) in [6.07, 6.45) is 5.17. The van der Waals surface area contributed by atoms with Gasteiger partial charge in [-0.1, -0.05) is 32.4 Å². The molecule has 1 N–H and O–H groups in total. The fraction of sp³-hybridized carbons (Fsp3) is 0.647. The van der Waals surface area contributed by atoms with E-state index in [0.29, 0.717) is 5.41 Å². The molecule has 19 heavy (non-hydrogen) atoms. The number of hydrogen-bond donors (Lipinski definition) is 1. The summed E-state index contributed by atoms with van der Waals surface area (Å²) in [7, 11) is 0. The zero-order chi connectivity index (χ0) is 13.3. The van der Waals surface area contributed by atoms with Crippen LogP contribution in [0.15, 0.2) is 18.2 Å². The second-order valence-electron chi connectivity index (χ2n) is 6.49. The Labute approximate surface area is 117 Å². The molecule has 1 aromatic carbocycles. The fourth-order valence-electron chi connectivity index (χ4n) is 3.43. The molecule has 0 spiro atoms. The molecule has 0 atom stereocenters. The van der Waals surface area contributed by atoms with Crippen molar-refractivity contribution in [3.8, 4) is 0 Å². The van der Waals surface area contributed by atoms with Crippen molar-refractivity contribution in [2.24, 2.45) is 5.41 Å². The van der Waals surface area contributed by atoms with Crippen molar-refractivity contribution in [2.75, 3.05) is 24.5 Å². The van der Waals surface area contributed by atoms with E-state index in [1.165, 1.54) is 44.5 Å². The highest BCUT2D eigenvalue weighted by molar-refractivity contribution is 5.58. The van der Waals surface area contributed by atoms with Gasteiger partial charge in [-0.15, -0.1) is 0 Å². The van der Waals surface area contributed by atoms with E-state index < -0.39 is 0 Å². The third-order valence-electron chi connectivity index (χ3n) is 5.29. The SMILES string of the molecule is CCC1(C)CCN(c2cccc3c2CNCC3)CC1. The minimum Gasteiger partial charge on any atom is -0.371 e. The van der Waals surface area contributed by atoms with Crippen molar-refractivity contribution in [3.05, 3.63) is 29.3 Å². The normalized spacial score (nSPS) is 22.1. The van der Waals surface area contributed by atoms with Gasteiger partial charge in [-0.2, -0.15) is 0 Å². The molecular weight excluding hydrogens is 232 g/mol. The highest BCUT2D eigenvalue weighted by Gasteiger charge is 2.29. The smallest absolute Gasteiger partial charge is 0.0414 e. The van der Waals surface area contributed by atoms with E-state index in [0.717, 1.165) is 13.1 Å². The third kappa shape index (κ3) is 2.51. The van der Waals surface area contributed by atoms with Crippen molar-refractivity contribution in [3.63, 3.8) is 0 Å². The molecule has 3 rings (SSSR count). The average molecular weight is 258 g/mol. The Morgan fingerprint density at radius 2 is 2.05 bits per heavy atom. The van der Waals surface area contributed by atoms with Crippen LogP contribution in [-0.2, 0) is 13.0 Å². The van der Waals surface area contributed by atoms with Gasteiger partial charge in [0.1, 0.15) is 0 Å². The first kappa shape index (κ1) is 13.0. The predicted octanol–water partition coefficient (Wildman–Crippen LogP) is 3.35. The molecule has 2 aliphatic heterocycles. The van der Waals surface area contributed by atoms with Crippen LogP contribution in [0.2, 0.25) is 0 Å². The maximum Gasteiger partial charge on any atom is 0.0414 e. The monoisotopic (exact) mass is 258 g/mol. The van der Waals surface area contributed by atoms with E-state index in [9.17, 15) is 0 Å². The van der Waals surface area contributed by atoms with Gasteiger partial charge < -0.3 is 10.2 Å². The number of rotatable bonds is 2. The maximum absolute atomic E-state index is 3.52. The van der Waals surface area contributed by atoms with Crippen LogP contribution >= 0.6 is 0 Å².